The summed E-state index contributed by atoms with van der Waals surface area (Å²) in [6, 6.07) is -0.163. The Bertz CT molecular complexity index is 518. The van der Waals surface area contributed by atoms with E-state index in [2.05, 4.69) is 32.5 Å². The number of amides is 1. The number of carbonyl (C=O) groups is 1. The molecule has 0 aromatic carbocycles. The first-order chi connectivity index (χ1) is 10.1. The van der Waals surface area contributed by atoms with E-state index in [0.29, 0.717) is 5.82 Å². The van der Waals surface area contributed by atoms with Crippen molar-refractivity contribution >= 4 is 17.5 Å². The van der Waals surface area contributed by atoms with E-state index >= 15 is 0 Å². The van der Waals surface area contributed by atoms with Crippen LogP contribution in [0.4, 0.5) is 11.6 Å². The van der Waals surface area contributed by atoms with Gasteiger partial charge in [-0.05, 0) is 26.2 Å². The maximum atomic E-state index is 12.0. The van der Waals surface area contributed by atoms with Crippen LogP contribution in [0.2, 0.25) is 0 Å². The largest absolute Gasteiger partial charge is 0.357 e. The van der Waals surface area contributed by atoms with Crippen molar-refractivity contribution in [1.29, 1.82) is 0 Å². The van der Waals surface area contributed by atoms with Gasteiger partial charge in [-0.25, -0.2) is 15.8 Å². The Morgan fingerprint density at radius 2 is 2.24 bits per heavy atom. The van der Waals surface area contributed by atoms with Crippen molar-refractivity contribution in [2.75, 3.05) is 23.9 Å². The lowest BCUT2D eigenvalue weighted by Crippen LogP contribution is -2.42. The zero-order valence-corrected chi connectivity index (χ0v) is 12.9. The number of nitrogen functional groups attached to an aromatic ring is 1. The third-order valence-corrected chi connectivity index (χ3v) is 3.85. The Hall–Kier alpha value is -1.89. The van der Waals surface area contributed by atoms with E-state index in [1.807, 2.05) is 6.92 Å². The van der Waals surface area contributed by atoms with E-state index in [1.165, 1.54) is 0 Å². The first kappa shape index (κ1) is 15.5. The molecule has 0 saturated carbocycles. The molecule has 2 rings (SSSR count). The molecule has 1 atom stereocenters. The van der Waals surface area contributed by atoms with Gasteiger partial charge < -0.3 is 15.6 Å². The summed E-state index contributed by atoms with van der Waals surface area (Å²) in [4.78, 5) is 23.2. The molecule has 7 nitrogen and oxygen atoms in total. The average molecular weight is 292 g/mol. The number of hydrazine groups is 1. The van der Waals surface area contributed by atoms with Gasteiger partial charge in [0.1, 0.15) is 23.5 Å². The Morgan fingerprint density at radius 1 is 1.48 bits per heavy atom. The number of nitrogens with one attached hydrogen (secondary N) is 2. The molecule has 7 heteroatoms. The maximum absolute atomic E-state index is 12.0. The highest BCUT2D eigenvalue weighted by Crippen LogP contribution is 2.30. The van der Waals surface area contributed by atoms with Crippen molar-refractivity contribution < 1.29 is 4.79 Å². The molecular weight excluding hydrogens is 268 g/mol. The second-order valence-corrected chi connectivity index (χ2v) is 5.30. The zero-order valence-electron chi connectivity index (χ0n) is 12.9. The molecule has 1 fully saturated rings. The van der Waals surface area contributed by atoms with Gasteiger partial charge in [0, 0.05) is 25.6 Å². The van der Waals surface area contributed by atoms with E-state index in [1.54, 1.807) is 7.05 Å². The van der Waals surface area contributed by atoms with Gasteiger partial charge in [0.2, 0.25) is 5.91 Å². The highest BCUT2D eigenvalue weighted by molar-refractivity contribution is 5.85. The second-order valence-electron chi connectivity index (χ2n) is 5.30. The fourth-order valence-corrected chi connectivity index (χ4v) is 2.76. The SMILES string of the molecule is CCCc1nc(NN)c(C)c(N2CCCC2C(=O)NC)n1. The lowest BCUT2D eigenvalue weighted by Gasteiger charge is -2.27. The summed E-state index contributed by atoms with van der Waals surface area (Å²) in [6.45, 7) is 4.84. The molecule has 116 valence electrons. The van der Waals surface area contributed by atoms with E-state index in [-0.39, 0.29) is 11.9 Å². The number of hydrogen-bond donors (Lipinski definition) is 3. The van der Waals surface area contributed by atoms with Gasteiger partial charge in [-0.15, -0.1) is 0 Å². The minimum absolute atomic E-state index is 0.0322. The number of hydrogen-bond acceptors (Lipinski definition) is 6. The Balaban J connectivity index is 2.41. The summed E-state index contributed by atoms with van der Waals surface area (Å²) in [5.74, 6) is 7.80. The van der Waals surface area contributed by atoms with Crippen LogP contribution >= 0.6 is 0 Å². The van der Waals surface area contributed by atoms with Crippen LogP contribution in [0.5, 0.6) is 0 Å². The Labute approximate surface area is 125 Å². The average Bonchev–Trinajstić information content (AvgIpc) is 2.97. The molecule has 21 heavy (non-hydrogen) atoms. The standard InChI is InChI=1S/C14H24N6O/c1-4-6-11-17-12(19-15)9(2)13(18-11)20-8-5-7-10(20)14(21)16-3/h10H,4-8,15H2,1-3H3,(H,16,21)(H,17,18,19). The number of anilines is 2. The lowest BCUT2D eigenvalue weighted by atomic mass is 10.2. The van der Waals surface area contributed by atoms with Gasteiger partial charge in [0.05, 0.1) is 0 Å². The topological polar surface area (TPSA) is 96.2 Å². The molecular formula is C14H24N6O. The molecule has 1 saturated heterocycles. The molecule has 1 amide bonds. The predicted molar refractivity (Wildman–Crippen MR) is 83.0 cm³/mol. The van der Waals surface area contributed by atoms with Gasteiger partial charge in [-0.3, -0.25) is 4.79 Å². The van der Waals surface area contributed by atoms with Crippen LogP contribution in [0.1, 0.15) is 37.6 Å². The molecule has 0 radical (unpaired) electrons. The van der Waals surface area contributed by atoms with Crippen molar-refractivity contribution in [3.63, 3.8) is 0 Å². The molecule has 1 aliphatic heterocycles. The molecule has 1 aromatic heterocycles. The normalized spacial score (nSPS) is 17.9. The maximum Gasteiger partial charge on any atom is 0.242 e. The molecule has 4 N–H and O–H groups in total. The fraction of sp³-hybridized carbons (Fsp3) is 0.643. The summed E-state index contributed by atoms with van der Waals surface area (Å²) >= 11 is 0. The summed E-state index contributed by atoms with van der Waals surface area (Å²) < 4.78 is 0. The second kappa shape index (κ2) is 6.71. The van der Waals surface area contributed by atoms with Crippen LogP contribution < -0.4 is 21.5 Å². The number of nitrogens with zero attached hydrogens (tertiary/aromatic N) is 3. The number of aryl methyl sites for hydroxylation is 1. The highest BCUT2D eigenvalue weighted by atomic mass is 16.2. The minimum atomic E-state index is -0.163. The van der Waals surface area contributed by atoms with Crippen molar-refractivity contribution in [2.24, 2.45) is 5.84 Å². The van der Waals surface area contributed by atoms with Crippen molar-refractivity contribution in [3.05, 3.63) is 11.4 Å². The summed E-state index contributed by atoms with van der Waals surface area (Å²) in [6.07, 6.45) is 3.58. The Morgan fingerprint density at radius 3 is 2.86 bits per heavy atom. The smallest absolute Gasteiger partial charge is 0.242 e. The first-order valence-electron chi connectivity index (χ1n) is 7.44. The van der Waals surface area contributed by atoms with Gasteiger partial charge in [0.15, 0.2) is 0 Å². The van der Waals surface area contributed by atoms with Gasteiger partial charge >= 0.3 is 0 Å². The van der Waals surface area contributed by atoms with Crippen LogP contribution in [0.3, 0.4) is 0 Å². The molecule has 1 aliphatic rings. The summed E-state index contributed by atoms with van der Waals surface area (Å²) in [5.41, 5.74) is 3.52. The monoisotopic (exact) mass is 292 g/mol. The van der Waals surface area contributed by atoms with Gasteiger partial charge in [0.25, 0.3) is 0 Å². The Kier molecular flexibility index (Phi) is 4.95. The molecule has 1 aromatic rings. The van der Waals surface area contributed by atoms with E-state index in [9.17, 15) is 4.79 Å². The van der Waals surface area contributed by atoms with Crippen molar-refractivity contribution in [2.45, 2.75) is 45.6 Å². The van der Waals surface area contributed by atoms with Crippen LogP contribution in [0.15, 0.2) is 0 Å². The third kappa shape index (κ3) is 3.07. The van der Waals surface area contributed by atoms with Crippen LogP contribution in [0, 0.1) is 6.92 Å². The number of likely N-dealkylation sites (N-methyl/N-ethyl adjacent to an activating group) is 1. The van der Waals surface area contributed by atoms with E-state index in [4.69, 9.17) is 5.84 Å². The van der Waals surface area contributed by atoms with Gasteiger partial charge in [-0.2, -0.15) is 0 Å². The minimum Gasteiger partial charge on any atom is -0.357 e. The summed E-state index contributed by atoms with van der Waals surface area (Å²) in [5, 5.41) is 2.73. The molecule has 0 aliphatic carbocycles. The van der Waals surface area contributed by atoms with Crippen molar-refractivity contribution in [3.8, 4) is 0 Å². The molecule has 2 heterocycles. The molecule has 0 spiro atoms. The summed E-state index contributed by atoms with van der Waals surface area (Å²) in [7, 11) is 1.67. The van der Waals surface area contributed by atoms with Crippen molar-refractivity contribution in [1.82, 2.24) is 15.3 Å². The molecule has 1 unspecified atom stereocenters. The third-order valence-electron chi connectivity index (χ3n) is 3.85. The van der Waals surface area contributed by atoms with Crippen LogP contribution in [-0.4, -0.2) is 35.5 Å². The number of rotatable bonds is 5. The lowest BCUT2D eigenvalue weighted by molar-refractivity contribution is -0.121. The predicted octanol–water partition coefficient (Wildman–Crippen LogP) is 0.738. The van der Waals surface area contributed by atoms with E-state index in [0.717, 1.165) is 49.4 Å². The quantitative estimate of drug-likeness (QED) is 0.547. The number of carbonyl (C=O) groups excluding carboxylic acids is 1. The van der Waals surface area contributed by atoms with Crippen LogP contribution in [0.25, 0.3) is 0 Å². The fourth-order valence-electron chi connectivity index (χ4n) is 2.76. The van der Waals surface area contributed by atoms with Gasteiger partial charge in [-0.1, -0.05) is 6.92 Å². The number of aromatic nitrogens is 2. The number of nitrogens with two attached hydrogens (primary N) is 1. The highest BCUT2D eigenvalue weighted by Gasteiger charge is 2.32. The molecule has 0 bridgehead atoms. The van der Waals surface area contributed by atoms with E-state index < -0.39 is 0 Å². The van der Waals surface area contributed by atoms with Crippen LogP contribution in [-0.2, 0) is 11.2 Å². The first-order valence-corrected chi connectivity index (χ1v) is 7.44. The zero-order chi connectivity index (χ0) is 15.4.